The summed E-state index contributed by atoms with van der Waals surface area (Å²) in [7, 11) is 0. The Hall–Kier alpha value is -2.14. The number of alkyl halides is 3. The molecule has 4 heterocycles. The first-order chi connectivity index (χ1) is 16.0. The molecular formula is C23H32F3N5O2S. The van der Waals surface area contributed by atoms with Gasteiger partial charge in [0.1, 0.15) is 22.6 Å². The second-order valence-corrected chi connectivity index (χ2v) is 11.3. The number of nitrogens with zero attached hydrogens (tertiary/aromatic N) is 4. The van der Waals surface area contributed by atoms with Crippen LogP contribution in [0.15, 0.2) is 12.4 Å². The van der Waals surface area contributed by atoms with E-state index in [0.717, 1.165) is 56.1 Å². The van der Waals surface area contributed by atoms with E-state index in [-0.39, 0.29) is 11.0 Å². The van der Waals surface area contributed by atoms with Crippen LogP contribution in [0, 0.1) is 5.92 Å². The SMILES string of the molecule is CC(C)(C)OC(=O)N1CC(CNC2CCCN(c3ncnc4sc(CC(F)(F)F)cc34)CC2)C1. The minimum atomic E-state index is -4.24. The summed E-state index contributed by atoms with van der Waals surface area (Å²) in [4.78, 5) is 25.5. The second kappa shape index (κ2) is 9.85. The summed E-state index contributed by atoms with van der Waals surface area (Å²) in [5, 5.41) is 4.35. The average Bonchev–Trinajstić information content (AvgIpc) is 2.92. The molecule has 0 aliphatic carbocycles. The van der Waals surface area contributed by atoms with Crippen molar-refractivity contribution < 1.29 is 22.7 Å². The highest BCUT2D eigenvalue weighted by atomic mass is 32.1. The molecule has 4 rings (SSSR count). The minimum absolute atomic E-state index is 0.253. The van der Waals surface area contributed by atoms with Crippen molar-refractivity contribution in [2.45, 2.75) is 64.3 Å². The number of rotatable bonds is 5. The highest BCUT2D eigenvalue weighted by Gasteiger charge is 2.34. The van der Waals surface area contributed by atoms with Crippen molar-refractivity contribution in [3.05, 3.63) is 17.3 Å². The van der Waals surface area contributed by atoms with Gasteiger partial charge in [-0.2, -0.15) is 13.2 Å². The molecule has 0 spiro atoms. The minimum Gasteiger partial charge on any atom is -0.444 e. The zero-order valence-electron chi connectivity index (χ0n) is 19.8. The normalized spacial score (nSPS) is 20.4. The molecular weight excluding hydrogens is 467 g/mol. The zero-order valence-corrected chi connectivity index (χ0v) is 20.6. The first kappa shape index (κ1) is 25.0. The summed E-state index contributed by atoms with van der Waals surface area (Å²) in [6.45, 7) is 9.46. The Bertz CT molecular complexity index is 1000. The number of aromatic nitrogens is 2. The Balaban J connectivity index is 1.28. The van der Waals surface area contributed by atoms with Crippen LogP contribution in [0.2, 0.25) is 0 Å². The van der Waals surface area contributed by atoms with Crippen LogP contribution in [0.5, 0.6) is 0 Å². The topological polar surface area (TPSA) is 70.6 Å². The van der Waals surface area contributed by atoms with E-state index >= 15 is 0 Å². The second-order valence-electron chi connectivity index (χ2n) is 10.2. The molecule has 2 aliphatic rings. The third-order valence-electron chi connectivity index (χ3n) is 6.07. The molecule has 0 radical (unpaired) electrons. The molecule has 2 fully saturated rings. The molecule has 1 amide bonds. The summed E-state index contributed by atoms with van der Waals surface area (Å²) in [5.74, 6) is 1.15. The summed E-state index contributed by atoms with van der Waals surface area (Å²) >= 11 is 1.09. The lowest BCUT2D eigenvalue weighted by atomic mass is 9.99. The van der Waals surface area contributed by atoms with Crippen LogP contribution in [0.3, 0.4) is 0 Å². The molecule has 2 aliphatic heterocycles. The maximum atomic E-state index is 12.8. The molecule has 1 N–H and O–H groups in total. The van der Waals surface area contributed by atoms with Crippen molar-refractivity contribution in [2.24, 2.45) is 5.92 Å². The first-order valence-electron chi connectivity index (χ1n) is 11.7. The molecule has 34 heavy (non-hydrogen) atoms. The number of amides is 1. The number of likely N-dealkylation sites (tertiary alicyclic amines) is 1. The van der Waals surface area contributed by atoms with E-state index in [1.165, 1.54) is 6.33 Å². The van der Waals surface area contributed by atoms with Crippen molar-refractivity contribution in [1.29, 1.82) is 0 Å². The predicted molar refractivity (Wildman–Crippen MR) is 126 cm³/mol. The van der Waals surface area contributed by atoms with Crippen LogP contribution >= 0.6 is 11.3 Å². The largest absolute Gasteiger partial charge is 0.444 e. The van der Waals surface area contributed by atoms with Crippen LogP contribution in [-0.4, -0.2) is 71.5 Å². The van der Waals surface area contributed by atoms with Crippen molar-refractivity contribution >= 4 is 33.5 Å². The molecule has 0 bridgehead atoms. The van der Waals surface area contributed by atoms with E-state index in [2.05, 4.69) is 20.2 Å². The fourth-order valence-corrected chi connectivity index (χ4v) is 5.47. The van der Waals surface area contributed by atoms with Crippen LogP contribution in [0.4, 0.5) is 23.8 Å². The van der Waals surface area contributed by atoms with E-state index in [9.17, 15) is 18.0 Å². The molecule has 1 atom stereocenters. The van der Waals surface area contributed by atoms with Gasteiger partial charge in [-0.1, -0.05) is 0 Å². The van der Waals surface area contributed by atoms with E-state index in [1.54, 1.807) is 11.0 Å². The van der Waals surface area contributed by atoms with E-state index in [0.29, 0.717) is 35.3 Å². The van der Waals surface area contributed by atoms with Gasteiger partial charge in [0.2, 0.25) is 0 Å². The molecule has 7 nitrogen and oxygen atoms in total. The van der Waals surface area contributed by atoms with Gasteiger partial charge in [0, 0.05) is 49.6 Å². The van der Waals surface area contributed by atoms with Gasteiger partial charge in [0.05, 0.1) is 11.8 Å². The molecule has 11 heteroatoms. The Labute approximate surface area is 201 Å². The number of thiophene rings is 1. The number of anilines is 1. The van der Waals surface area contributed by atoms with Crippen molar-refractivity contribution in [3.63, 3.8) is 0 Å². The lowest BCUT2D eigenvalue weighted by Gasteiger charge is -2.40. The van der Waals surface area contributed by atoms with Crippen molar-refractivity contribution in [3.8, 4) is 0 Å². The quantitative estimate of drug-likeness (QED) is 0.648. The van der Waals surface area contributed by atoms with Gasteiger partial charge in [-0.25, -0.2) is 14.8 Å². The van der Waals surface area contributed by atoms with Gasteiger partial charge in [-0.15, -0.1) is 11.3 Å². The highest BCUT2D eigenvalue weighted by molar-refractivity contribution is 7.18. The van der Waals surface area contributed by atoms with Gasteiger partial charge >= 0.3 is 12.3 Å². The Morgan fingerprint density at radius 1 is 1.21 bits per heavy atom. The van der Waals surface area contributed by atoms with Gasteiger partial charge < -0.3 is 19.9 Å². The molecule has 2 saturated heterocycles. The Morgan fingerprint density at radius 3 is 2.68 bits per heavy atom. The summed E-state index contributed by atoms with van der Waals surface area (Å²) in [6.07, 6.45) is -1.07. The number of carbonyl (C=O) groups is 1. The number of halogens is 3. The van der Waals surface area contributed by atoms with Crippen LogP contribution in [0.25, 0.3) is 10.2 Å². The Kier molecular flexibility index (Phi) is 7.23. The fraction of sp³-hybridized carbons (Fsp3) is 0.696. The van der Waals surface area contributed by atoms with Crippen LogP contribution in [-0.2, 0) is 11.2 Å². The first-order valence-corrected chi connectivity index (χ1v) is 12.5. The maximum absolute atomic E-state index is 12.8. The number of ether oxygens (including phenoxy) is 1. The van der Waals surface area contributed by atoms with Gasteiger partial charge in [-0.3, -0.25) is 0 Å². The van der Waals surface area contributed by atoms with Gasteiger partial charge in [0.25, 0.3) is 0 Å². The molecule has 0 aromatic carbocycles. The van der Waals surface area contributed by atoms with Gasteiger partial charge in [0.15, 0.2) is 0 Å². The van der Waals surface area contributed by atoms with Crippen LogP contribution < -0.4 is 10.2 Å². The Morgan fingerprint density at radius 2 is 1.97 bits per heavy atom. The van der Waals surface area contributed by atoms with E-state index in [4.69, 9.17) is 4.74 Å². The monoisotopic (exact) mass is 499 g/mol. The van der Waals surface area contributed by atoms with Crippen molar-refractivity contribution in [2.75, 3.05) is 37.6 Å². The smallest absolute Gasteiger partial charge is 0.410 e. The molecule has 2 aromatic rings. The standard InChI is InChI=1S/C23H32F3N5O2S/c1-22(2,3)33-21(32)31-12-15(13-31)11-27-16-5-4-7-30(8-6-16)19-18-9-17(10-23(24,25)26)34-20(18)29-14-28-19/h9,14-16,27H,4-8,10-13H2,1-3H3. The molecule has 1 unspecified atom stereocenters. The number of hydrogen-bond acceptors (Lipinski definition) is 7. The number of carbonyl (C=O) groups excluding carboxylic acids is 1. The molecule has 2 aromatic heterocycles. The highest BCUT2D eigenvalue weighted by Crippen LogP contribution is 2.34. The third kappa shape index (κ3) is 6.50. The molecule has 188 valence electrons. The predicted octanol–water partition coefficient (Wildman–Crippen LogP) is 4.61. The van der Waals surface area contributed by atoms with Crippen molar-refractivity contribution in [1.82, 2.24) is 20.2 Å². The van der Waals surface area contributed by atoms with E-state index in [1.807, 2.05) is 20.8 Å². The zero-order chi connectivity index (χ0) is 24.5. The number of fused-ring (bicyclic) bond motifs is 1. The maximum Gasteiger partial charge on any atom is 0.410 e. The fourth-order valence-electron chi connectivity index (χ4n) is 4.45. The lowest BCUT2D eigenvalue weighted by Crippen LogP contribution is -2.55. The average molecular weight is 500 g/mol. The molecule has 0 saturated carbocycles. The number of nitrogens with one attached hydrogen (secondary N) is 1. The van der Waals surface area contributed by atoms with Crippen LogP contribution in [0.1, 0.15) is 44.9 Å². The number of hydrogen-bond donors (Lipinski definition) is 1. The van der Waals surface area contributed by atoms with Gasteiger partial charge in [-0.05, 0) is 46.1 Å². The third-order valence-corrected chi connectivity index (χ3v) is 7.11. The van der Waals surface area contributed by atoms with E-state index < -0.39 is 18.2 Å². The summed E-state index contributed by atoms with van der Waals surface area (Å²) < 4.78 is 43.9. The summed E-state index contributed by atoms with van der Waals surface area (Å²) in [6, 6.07) is 1.96. The summed E-state index contributed by atoms with van der Waals surface area (Å²) in [5.41, 5.74) is -0.481. The lowest BCUT2D eigenvalue weighted by molar-refractivity contribution is -0.126.